The van der Waals surface area contributed by atoms with Crippen LogP contribution in [0.25, 0.3) is 0 Å². The van der Waals surface area contributed by atoms with Crippen molar-refractivity contribution in [2.45, 2.75) is 264 Å². The summed E-state index contributed by atoms with van der Waals surface area (Å²) in [6.45, 7) is 3.98. The average molecular weight is 1210 g/mol. The zero-order chi connectivity index (χ0) is 62.6. The van der Waals surface area contributed by atoms with Crippen molar-refractivity contribution in [2.24, 2.45) is 0 Å². The van der Waals surface area contributed by atoms with Crippen molar-refractivity contribution in [1.29, 1.82) is 0 Å². The standard InChI is InChI=1S/C76H126NO8P/c1-6-8-10-12-14-16-18-20-22-24-26-28-29-30-31-32-33-34-35-36-37-38-39-40-41-42-43-44-45-46-47-49-51-53-55-57-59-61-63-65-67-69-76(79)85-74(73-84-86(80,81)83-71-70-77(3,4)5)72-82-75(78)68-66-64-62-60-58-56-54-52-50-48-27-25-23-21-19-17-15-13-11-9-7-2/h8-11,14-17,20-23,26-28,30-31,33-34,36-37,39-40,48,52,54,74H,6-7,12-13,18-19,24-25,29,32,35,38,41-47,49-51,53,55-73H2,1-5H3/b10-8-,11-9-,16-14-,17-15-,22-20-,23-21-,28-26-,31-30-,34-33-,37-36-,40-39-,48-27-,54-52-. The van der Waals surface area contributed by atoms with Crippen LogP contribution in [0.2, 0.25) is 0 Å². The van der Waals surface area contributed by atoms with E-state index in [1.54, 1.807) is 0 Å². The molecule has 488 valence electrons. The van der Waals surface area contributed by atoms with E-state index in [2.05, 4.69) is 172 Å². The Morgan fingerprint density at radius 2 is 0.628 bits per heavy atom. The molecule has 0 aliphatic rings. The van der Waals surface area contributed by atoms with E-state index in [4.69, 9.17) is 18.5 Å². The first-order chi connectivity index (χ1) is 42.0. The predicted molar refractivity (Wildman–Crippen MR) is 369 cm³/mol. The lowest BCUT2D eigenvalue weighted by molar-refractivity contribution is -0.870. The van der Waals surface area contributed by atoms with Crippen LogP contribution < -0.4 is 4.89 Å². The molecule has 0 rings (SSSR count). The molecule has 2 unspecified atom stereocenters. The molecule has 9 nitrogen and oxygen atoms in total. The molecule has 86 heavy (non-hydrogen) atoms. The largest absolute Gasteiger partial charge is 0.756 e. The third-order valence-corrected chi connectivity index (χ3v) is 15.0. The highest BCUT2D eigenvalue weighted by atomic mass is 31.2. The molecule has 0 saturated heterocycles. The van der Waals surface area contributed by atoms with Gasteiger partial charge in [-0.05, 0) is 122 Å². The molecule has 0 bridgehead atoms. The number of ether oxygens (including phenoxy) is 2. The van der Waals surface area contributed by atoms with Crippen molar-refractivity contribution in [2.75, 3.05) is 47.5 Å². The summed E-state index contributed by atoms with van der Waals surface area (Å²) >= 11 is 0. The van der Waals surface area contributed by atoms with Gasteiger partial charge in [0.25, 0.3) is 7.82 Å². The molecule has 0 aliphatic carbocycles. The van der Waals surface area contributed by atoms with Gasteiger partial charge in [-0.1, -0.05) is 281 Å². The number of likely N-dealkylation sites (N-methyl/N-ethyl adjacent to an activating group) is 1. The van der Waals surface area contributed by atoms with Crippen LogP contribution >= 0.6 is 7.82 Å². The van der Waals surface area contributed by atoms with Gasteiger partial charge < -0.3 is 27.9 Å². The molecule has 0 amide bonds. The number of phosphoric ester groups is 1. The first kappa shape index (κ1) is 81.6. The maximum absolute atomic E-state index is 12.9. The number of quaternary nitrogens is 1. The average Bonchev–Trinajstić information content (AvgIpc) is 3.70. The van der Waals surface area contributed by atoms with Gasteiger partial charge in [-0.3, -0.25) is 14.2 Å². The van der Waals surface area contributed by atoms with E-state index in [1.807, 2.05) is 21.1 Å². The monoisotopic (exact) mass is 1210 g/mol. The van der Waals surface area contributed by atoms with Gasteiger partial charge in [0.1, 0.15) is 19.8 Å². The second-order valence-corrected chi connectivity index (χ2v) is 24.8. The number of nitrogens with zero attached hydrogens (tertiary/aromatic N) is 1. The molecule has 10 heteroatoms. The summed E-state index contributed by atoms with van der Waals surface area (Å²) in [4.78, 5) is 38.0. The molecule has 0 aromatic heterocycles. The van der Waals surface area contributed by atoms with Crippen LogP contribution in [0.5, 0.6) is 0 Å². The number of hydrogen-bond donors (Lipinski definition) is 0. The maximum atomic E-state index is 12.9. The predicted octanol–water partition coefficient (Wildman–Crippen LogP) is 21.7. The van der Waals surface area contributed by atoms with Gasteiger partial charge in [0, 0.05) is 12.8 Å². The van der Waals surface area contributed by atoms with Gasteiger partial charge in [-0.25, -0.2) is 0 Å². The molecule has 0 fully saturated rings. The molecular weight excluding hydrogens is 1090 g/mol. The summed E-state index contributed by atoms with van der Waals surface area (Å²) < 4.78 is 34.2. The number of allylic oxidation sites excluding steroid dienone is 26. The second kappa shape index (κ2) is 65.1. The fourth-order valence-corrected chi connectivity index (χ4v) is 9.60. The fraction of sp³-hybridized carbons (Fsp3) is 0.632. The van der Waals surface area contributed by atoms with Gasteiger partial charge in [0.05, 0.1) is 27.7 Å². The lowest BCUT2D eigenvalue weighted by atomic mass is 10.0. The van der Waals surface area contributed by atoms with E-state index in [-0.39, 0.29) is 26.1 Å². The summed E-state index contributed by atoms with van der Waals surface area (Å²) in [5.74, 6) is -0.860. The number of esters is 2. The van der Waals surface area contributed by atoms with Crippen molar-refractivity contribution in [3.63, 3.8) is 0 Å². The normalized spacial score (nSPS) is 14.2. The lowest BCUT2D eigenvalue weighted by Crippen LogP contribution is -2.37. The van der Waals surface area contributed by atoms with Crippen LogP contribution in [0.4, 0.5) is 0 Å². The quantitative estimate of drug-likeness (QED) is 0.0195. The van der Waals surface area contributed by atoms with E-state index in [9.17, 15) is 19.0 Å². The Labute approximate surface area is 528 Å². The molecule has 0 radical (unpaired) electrons. The highest BCUT2D eigenvalue weighted by Gasteiger charge is 2.22. The Hall–Kier alpha value is -4.37. The third-order valence-electron chi connectivity index (χ3n) is 14.0. The van der Waals surface area contributed by atoms with Crippen LogP contribution in [-0.4, -0.2) is 70.0 Å². The molecule has 0 heterocycles. The van der Waals surface area contributed by atoms with Gasteiger partial charge in [0.15, 0.2) is 6.10 Å². The molecule has 0 saturated carbocycles. The highest BCUT2D eigenvalue weighted by Crippen LogP contribution is 2.38. The Morgan fingerprint density at radius 1 is 0.360 bits per heavy atom. The van der Waals surface area contributed by atoms with E-state index in [1.165, 1.54) is 83.5 Å². The van der Waals surface area contributed by atoms with Crippen LogP contribution in [0.15, 0.2) is 158 Å². The molecule has 0 N–H and O–H groups in total. The Morgan fingerprint density at radius 3 is 0.930 bits per heavy atom. The second-order valence-electron chi connectivity index (χ2n) is 23.4. The minimum Gasteiger partial charge on any atom is -0.756 e. The highest BCUT2D eigenvalue weighted by molar-refractivity contribution is 7.45. The van der Waals surface area contributed by atoms with Gasteiger partial charge in [-0.2, -0.15) is 0 Å². The Bertz CT molecular complexity index is 2010. The van der Waals surface area contributed by atoms with Gasteiger partial charge in [0.2, 0.25) is 0 Å². The summed E-state index contributed by atoms with van der Waals surface area (Å²) in [5.41, 5.74) is 0. The van der Waals surface area contributed by atoms with Crippen molar-refractivity contribution in [3.05, 3.63) is 158 Å². The minimum absolute atomic E-state index is 0.0410. The van der Waals surface area contributed by atoms with Crippen molar-refractivity contribution >= 4 is 19.8 Å². The zero-order valence-electron chi connectivity index (χ0n) is 55.4. The number of unbranched alkanes of at least 4 members (excludes halogenated alkanes) is 21. The minimum atomic E-state index is -4.65. The topological polar surface area (TPSA) is 111 Å². The number of rotatable bonds is 61. The molecule has 0 spiro atoms. The van der Waals surface area contributed by atoms with Crippen LogP contribution in [0.1, 0.15) is 258 Å². The molecule has 0 aromatic carbocycles. The summed E-state index contributed by atoms with van der Waals surface area (Å²) in [6, 6.07) is 0. The Balaban J connectivity index is 4.06. The maximum Gasteiger partial charge on any atom is 0.306 e. The van der Waals surface area contributed by atoms with E-state index >= 15 is 0 Å². The number of carbonyl (C=O) groups is 2. The summed E-state index contributed by atoms with van der Waals surface area (Å²) in [6.07, 6.45) is 97.5. The van der Waals surface area contributed by atoms with Crippen LogP contribution in [0.3, 0.4) is 0 Å². The van der Waals surface area contributed by atoms with E-state index in [0.29, 0.717) is 23.9 Å². The molecule has 2 atom stereocenters. The van der Waals surface area contributed by atoms with Crippen LogP contribution in [0, 0.1) is 0 Å². The first-order valence-electron chi connectivity index (χ1n) is 34.2. The van der Waals surface area contributed by atoms with E-state index < -0.39 is 32.5 Å². The molecule has 0 aliphatic heterocycles. The molecular formula is C76H126NO8P. The number of phosphoric acid groups is 1. The van der Waals surface area contributed by atoms with Crippen LogP contribution in [-0.2, 0) is 32.7 Å². The van der Waals surface area contributed by atoms with Gasteiger partial charge in [-0.15, -0.1) is 0 Å². The lowest BCUT2D eigenvalue weighted by Gasteiger charge is -2.28. The fourth-order valence-electron chi connectivity index (χ4n) is 8.88. The third kappa shape index (κ3) is 68.7. The number of hydrogen-bond acceptors (Lipinski definition) is 8. The van der Waals surface area contributed by atoms with Crippen molar-refractivity contribution in [1.82, 2.24) is 0 Å². The van der Waals surface area contributed by atoms with Crippen molar-refractivity contribution < 1.29 is 42.1 Å². The smallest absolute Gasteiger partial charge is 0.306 e. The SMILES string of the molecule is CC/C=C\C/C=C\C/C=C\C/C=C\C/C=C\C/C=C\C/C=C\C/C=C\CCCCCCCCCCCCCCCCCCC(=O)OC(COC(=O)CCCCCCC/C=C\C/C=C\C/C=C\C/C=C\C/C=C\CC)COP(=O)([O-])OCC[N+](C)(C)C. The Kier molecular flexibility index (Phi) is 61.8. The summed E-state index contributed by atoms with van der Waals surface area (Å²) in [7, 11) is 1.14. The first-order valence-corrected chi connectivity index (χ1v) is 35.7. The molecule has 0 aromatic rings. The van der Waals surface area contributed by atoms with Gasteiger partial charge >= 0.3 is 11.9 Å². The van der Waals surface area contributed by atoms with Crippen molar-refractivity contribution in [3.8, 4) is 0 Å². The zero-order valence-corrected chi connectivity index (χ0v) is 56.3. The summed E-state index contributed by atoms with van der Waals surface area (Å²) in [5, 5.41) is 0. The van der Waals surface area contributed by atoms with E-state index in [0.717, 1.165) is 135 Å². The number of carbonyl (C=O) groups excluding carboxylic acids is 2.